The molecule has 3 heteroatoms. The van der Waals surface area contributed by atoms with Gasteiger partial charge in [-0.15, -0.1) is 0 Å². The van der Waals surface area contributed by atoms with Crippen LogP contribution in [0.1, 0.15) is 31.7 Å². The van der Waals surface area contributed by atoms with Crippen LogP contribution in [0.25, 0.3) is 0 Å². The Morgan fingerprint density at radius 1 is 1.24 bits per heavy atom. The van der Waals surface area contributed by atoms with Gasteiger partial charge in [0.25, 0.3) is 0 Å². The summed E-state index contributed by atoms with van der Waals surface area (Å²) in [6.07, 6.45) is 0.762. The van der Waals surface area contributed by atoms with E-state index < -0.39 is 0 Å². The lowest BCUT2D eigenvalue weighted by Crippen LogP contribution is -2.45. The monoisotopic (exact) mass is 236 g/mol. The fourth-order valence-electron chi connectivity index (χ4n) is 2.05. The first-order valence-electron chi connectivity index (χ1n) is 6.31. The van der Waals surface area contributed by atoms with Gasteiger partial charge in [-0.3, -0.25) is 0 Å². The highest BCUT2D eigenvalue weighted by atomic mass is 16.3. The largest absolute Gasteiger partial charge is 0.396 e. The van der Waals surface area contributed by atoms with E-state index >= 15 is 0 Å². The highest BCUT2D eigenvalue weighted by Crippen LogP contribution is 2.18. The molecule has 0 bridgehead atoms. The number of hydrogen-bond donors (Lipinski definition) is 3. The number of rotatable bonds is 7. The van der Waals surface area contributed by atoms with Crippen LogP contribution in [-0.2, 0) is 0 Å². The lowest BCUT2D eigenvalue weighted by atomic mass is 9.92. The van der Waals surface area contributed by atoms with E-state index in [1.807, 2.05) is 6.07 Å². The molecular formula is C14H24N2O. The molecule has 0 aliphatic heterocycles. The molecule has 3 atom stereocenters. The second kappa shape index (κ2) is 7.43. The fourth-order valence-corrected chi connectivity index (χ4v) is 2.05. The normalized spacial score (nSPS) is 16.5. The Balaban J connectivity index is 2.61. The fraction of sp³-hybridized carbons (Fsp3) is 0.571. The maximum atomic E-state index is 8.91. The number of aliphatic hydroxyl groups is 1. The Hall–Kier alpha value is -0.900. The SMILES string of the molecule is CC(CCO)NC(CN)C(C)c1ccccc1. The van der Waals surface area contributed by atoms with Crippen molar-refractivity contribution in [3.63, 3.8) is 0 Å². The predicted molar refractivity (Wildman–Crippen MR) is 72.0 cm³/mol. The maximum absolute atomic E-state index is 8.91. The van der Waals surface area contributed by atoms with Crippen molar-refractivity contribution in [2.75, 3.05) is 13.2 Å². The van der Waals surface area contributed by atoms with Crippen molar-refractivity contribution in [1.82, 2.24) is 5.32 Å². The van der Waals surface area contributed by atoms with Gasteiger partial charge in [-0.1, -0.05) is 37.3 Å². The van der Waals surface area contributed by atoms with Gasteiger partial charge in [0.15, 0.2) is 0 Å². The lowest BCUT2D eigenvalue weighted by molar-refractivity contribution is 0.260. The molecule has 0 aromatic heterocycles. The van der Waals surface area contributed by atoms with Gasteiger partial charge < -0.3 is 16.2 Å². The van der Waals surface area contributed by atoms with Crippen LogP contribution in [0.4, 0.5) is 0 Å². The minimum Gasteiger partial charge on any atom is -0.396 e. The Kier molecular flexibility index (Phi) is 6.19. The topological polar surface area (TPSA) is 58.3 Å². The summed E-state index contributed by atoms with van der Waals surface area (Å²) >= 11 is 0. The van der Waals surface area contributed by atoms with Gasteiger partial charge in [0, 0.05) is 25.2 Å². The Morgan fingerprint density at radius 2 is 1.88 bits per heavy atom. The maximum Gasteiger partial charge on any atom is 0.0445 e. The number of nitrogens with two attached hydrogens (primary N) is 1. The highest BCUT2D eigenvalue weighted by molar-refractivity contribution is 5.20. The number of nitrogens with one attached hydrogen (secondary N) is 1. The number of hydrogen-bond acceptors (Lipinski definition) is 3. The van der Waals surface area contributed by atoms with Crippen LogP contribution in [0.15, 0.2) is 30.3 Å². The highest BCUT2D eigenvalue weighted by Gasteiger charge is 2.18. The third-order valence-corrected chi connectivity index (χ3v) is 3.24. The Labute approximate surface area is 104 Å². The number of benzene rings is 1. The van der Waals surface area contributed by atoms with Crippen LogP contribution >= 0.6 is 0 Å². The first kappa shape index (κ1) is 14.2. The number of aliphatic hydroxyl groups excluding tert-OH is 1. The zero-order valence-corrected chi connectivity index (χ0v) is 10.8. The van der Waals surface area contributed by atoms with Gasteiger partial charge in [-0.05, 0) is 24.8 Å². The van der Waals surface area contributed by atoms with Crippen molar-refractivity contribution in [3.05, 3.63) is 35.9 Å². The van der Waals surface area contributed by atoms with Crippen LogP contribution in [-0.4, -0.2) is 30.3 Å². The van der Waals surface area contributed by atoms with E-state index in [1.165, 1.54) is 5.56 Å². The third kappa shape index (κ3) is 4.46. The second-order valence-electron chi connectivity index (χ2n) is 4.62. The lowest BCUT2D eigenvalue weighted by Gasteiger charge is -2.27. The van der Waals surface area contributed by atoms with Gasteiger partial charge in [0.1, 0.15) is 0 Å². The van der Waals surface area contributed by atoms with E-state index in [2.05, 4.69) is 43.4 Å². The summed E-state index contributed by atoms with van der Waals surface area (Å²) in [5, 5.41) is 12.4. The zero-order valence-electron chi connectivity index (χ0n) is 10.8. The summed E-state index contributed by atoms with van der Waals surface area (Å²) in [7, 11) is 0. The molecule has 0 amide bonds. The van der Waals surface area contributed by atoms with Crippen molar-refractivity contribution in [2.24, 2.45) is 5.73 Å². The summed E-state index contributed by atoms with van der Waals surface area (Å²) in [6, 6.07) is 10.9. The molecule has 0 saturated carbocycles. The molecule has 0 aliphatic rings. The van der Waals surface area contributed by atoms with Crippen LogP contribution in [0.3, 0.4) is 0 Å². The van der Waals surface area contributed by atoms with Crippen molar-refractivity contribution in [1.29, 1.82) is 0 Å². The van der Waals surface area contributed by atoms with E-state index in [9.17, 15) is 0 Å². The molecule has 96 valence electrons. The van der Waals surface area contributed by atoms with Gasteiger partial charge in [-0.25, -0.2) is 0 Å². The van der Waals surface area contributed by atoms with Crippen molar-refractivity contribution in [2.45, 2.75) is 38.3 Å². The molecule has 0 heterocycles. The van der Waals surface area contributed by atoms with Crippen LogP contribution in [0.2, 0.25) is 0 Å². The molecule has 0 saturated heterocycles. The van der Waals surface area contributed by atoms with E-state index in [0.29, 0.717) is 18.5 Å². The van der Waals surface area contributed by atoms with Crippen LogP contribution < -0.4 is 11.1 Å². The molecule has 1 aromatic carbocycles. The molecule has 0 radical (unpaired) electrons. The molecule has 0 spiro atoms. The van der Waals surface area contributed by atoms with Crippen LogP contribution in [0.5, 0.6) is 0 Å². The van der Waals surface area contributed by atoms with Crippen molar-refractivity contribution in [3.8, 4) is 0 Å². The van der Waals surface area contributed by atoms with Gasteiger partial charge in [0.05, 0.1) is 0 Å². The average Bonchev–Trinajstić information content (AvgIpc) is 2.36. The van der Waals surface area contributed by atoms with Gasteiger partial charge >= 0.3 is 0 Å². The minimum absolute atomic E-state index is 0.213. The zero-order chi connectivity index (χ0) is 12.7. The van der Waals surface area contributed by atoms with Crippen LogP contribution in [0, 0.1) is 0 Å². The molecule has 4 N–H and O–H groups in total. The predicted octanol–water partition coefficient (Wildman–Crippen LogP) is 1.48. The summed E-state index contributed by atoms with van der Waals surface area (Å²) in [5.74, 6) is 0.377. The standard InChI is InChI=1S/C14H24N2O/c1-11(8-9-17)16-14(10-15)12(2)13-6-4-3-5-7-13/h3-7,11-12,14,16-17H,8-10,15H2,1-2H3. The van der Waals surface area contributed by atoms with E-state index in [0.717, 1.165) is 6.42 Å². The van der Waals surface area contributed by atoms with Gasteiger partial charge in [-0.2, -0.15) is 0 Å². The summed E-state index contributed by atoms with van der Waals surface area (Å²) in [6.45, 7) is 5.08. The van der Waals surface area contributed by atoms with Crippen molar-refractivity contribution < 1.29 is 5.11 Å². The Bertz CT molecular complexity index is 302. The van der Waals surface area contributed by atoms with E-state index in [4.69, 9.17) is 10.8 Å². The smallest absolute Gasteiger partial charge is 0.0445 e. The summed E-state index contributed by atoms with van der Waals surface area (Å²) < 4.78 is 0. The first-order valence-corrected chi connectivity index (χ1v) is 6.31. The molecule has 3 unspecified atom stereocenters. The summed E-state index contributed by atoms with van der Waals surface area (Å²) in [5.41, 5.74) is 7.13. The van der Waals surface area contributed by atoms with E-state index in [-0.39, 0.29) is 12.6 Å². The molecule has 1 aromatic rings. The molecule has 0 aliphatic carbocycles. The third-order valence-electron chi connectivity index (χ3n) is 3.24. The molecule has 3 nitrogen and oxygen atoms in total. The van der Waals surface area contributed by atoms with Gasteiger partial charge in [0.2, 0.25) is 0 Å². The van der Waals surface area contributed by atoms with Crippen molar-refractivity contribution >= 4 is 0 Å². The first-order chi connectivity index (χ1) is 8.19. The summed E-state index contributed by atoms with van der Waals surface area (Å²) in [4.78, 5) is 0. The van der Waals surface area contributed by atoms with E-state index in [1.54, 1.807) is 0 Å². The second-order valence-corrected chi connectivity index (χ2v) is 4.62. The molecule has 17 heavy (non-hydrogen) atoms. The Morgan fingerprint density at radius 3 is 2.41 bits per heavy atom. The quantitative estimate of drug-likeness (QED) is 0.672. The molecule has 0 fully saturated rings. The average molecular weight is 236 g/mol. The molecular weight excluding hydrogens is 212 g/mol. The molecule has 1 rings (SSSR count). The minimum atomic E-state index is 0.213.